The summed E-state index contributed by atoms with van der Waals surface area (Å²) in [4.78, 5) is 15.0. The summed E-state index contributed by atoms with van der Waals surface area (Å²) in [6, 6.07) is 2.73. The Morgan fingerprint density at radius 1 is 1.67 bits per heavy atom. The van der Waals surface area contributed by atoms with E-state index in [-0.39, 0.29) is 29.3 Å². The number of nitrogens with zero attached hydrogens (tertiary/aromatic N) is 2. The lowest BCUT2D eigenvalue weighted by molar-refractivity contribution is 0.0516. The van der Waals surface area contributed by atoms with Crippen molar-refractivity contribution in [2.45, 2.75) is 19.2 Å². The zero-order chi connectivity index (χ0) is 13.7. The lowest BCUT2D eigenvalue weighted by Crippen LogP contribution is -2.13. The van der Waals surface area contributed by atoms with E-state index < -0.39 is 18.1 Å². The fourth-order valence-corrected chi connectivity index (χ4v) is 1.51. The molecule has 0 aromatic carbocycles. The standard InChI is InChI=1S/C11H9ClF2N2O2/c1-2-18-11(17)9-6(4-12)3-7(5-15)8(16-9)10(13)14/h3,10H,2,4H2,1H3. The molecule has 4 nitrogen and oxygen atoms in total. The SMILES string of the molecule is CCOC(=O)c1nc(C(F)F)c(C#N)cc1CCl. The highest BCUT2D eigenvalue weighted by atomic mass is 35.5. The zero-order valence-electron chi connectivity index (χ0n) is 9.41. The molecule has 0 spiro atoms. The number of hydrogen-bond acceptors (Lipinski definition) is 4. The van der Waals surface area contributed by atoms with Crippen molar-refractivity contribution in [1.82, 2.24) is 4.98 Å². The van der Waals surface area contributed by atoms with Crippen LogP contribution in [0.5, 0.6) is 0 Å². The average molecular weight is 275 g/mol. The molecular weight excluding hydrogens is 266 g/mol. The predicted octanol–water partition coefficient (Wildman–Crippen LogP) is 2.81. The van der Waals surface area contributed by atoms with Crippen LogP contribution in [0.2, 0.25) is 0 Å². The molecule has 0 saturated heterocycles. The lowest BCUT2D eigenvalue weighted by Gasteiger charge is -2.09. The van der Waals surface area contributed by atoms with Gasteiger partial charge in [0.15, 0.2) is 5.69 Å². The third kappa shape index (κ3) is 2.93. The van der Waals surface area contributed by atoms with Gasteiger partial charge in [0.25, 0.3) is 6.43 Å². The molecular formula is C11H9ClF2N2O2. The highest BCUT2D eigenvalue weighted by molar-refractivity contribution is 6.17. The van der Waals surface area contributed by atoms with Gasteiger partial charge in [0.2, 0.25) is 0 Å². The van der Waals surface area contributed by atoms with Crippen LogP contribution in [0.4, 0.5) is 8.78 Å². The Morgan fingerprint density at radius 2 is 2.33 bits per heavy atom. The molecule has 0 unspecified atom stereocenters. The van der Waals surface area contributed by atoms with Crippen LogP contribution in [-0.4, -0.2) is 17.6 Å². The van der Waals surface area contributed by atoms with Crippen LogP contribution >= 0.6 is 11.6 Å². The Kier molecular flexibility index (Phi) is 4.98. The molecule has 1 rings (SSSR count). The minimum atomic E-state index is -2.95. The number of carbonyl (C=O) groups excluding carboxylic acids is 1. The monoisotopic (exact) mass is 274 g/mol. The molecule has 1 aromatic heterocycles. The number of nitriles is 1. The fourth-order valence-electron chi connectivity index (χ4n) is 1.30. The van der Waals surface area contributed by atoms with E-state index in [0.29, 0.717) is 0 Å². The highest BCUT2D eigenvalue weighted by Crippen LogP contribution is 2.24. The van der Waals surface area contributed by atoms with Gasteiger partial charge in [0.1, 0.15) is 11.8 Å². The van der Waals surface area contributed by atoms with E-state index in [0.717, 1.165) is 6.07 Å². The molecule has 0 amide bonds. The topological polar surface area (TPSA) is 63.0 Å². The van der Waals surface area contributed by atoms with Crippen LogP contribution in [0, 0.1) is 11.3 Å². The Bertz CT molecular complexity index is 501. The number of alkyl halides is 3. The van der Waals surface area contributed by atoms with Crippen LogP contribution < -0.4 is 0 Å². The molecule has 7 heteroatoms. The predicted molar refractivity (Wildman–Crippen MR) is 59.4 cm³/mol. The number of aromatic nitrogens is 1. The fraction of sp³-hybridized carbons (Fsp3) is 0.364. The van der Waals surface area contributed by atoms with Crippen LogP contribution in [0.25, 0.3) is 0 Å². The molecule has 18 heavy (non-hydrogen) atoms. The Labute approximate surface area is 107 Å². The normalized spacial score (nSPS) is 10.2. The Hall–Kier alpha value is -1.74. The maximum Gasteiger partial charge on any atom is 0.357 e. The second-order valence-corrected chi connectivity index (χ2v) is 3.46. The number of hydrogen-bond donors (Lipinski definition) is 0. The van der Waals surface area contributed by atoms with E-state index >= 15 is 0 Å². The first kappa shape index (κ1) is 14.3. The molecule has 0 aliphatic heterocycles. The third-order valence-electron chi connectivity index (χ3n) is 2.07. The summed E-state index contributed by atoms with van der Waals surface area (Å²) in [5, 5.41) is 8.74. The van der Waals surface area contributed by atoms with Crippen molar-refractivity contribution in [2.24, 2.45) is 0 Å². The van der Waals surface area contributed by atoms with Crippen LogP contribution in [0.1, 0.15) is 40.7 Å². The molecule has 0 aliphatic rings. The van der Waals surface area contributed by atoms with E-state index in [1.807, 2.05) is 0 Å². The first-order valence-electron chi connectivity index (χ1n) is 5.00. The van der Waals surface area contributed by atoms with Crippen LogP contribution in [0.15, 0.2) is 6.07 Å². The minimum Gasteiger partial charge on any atom is -0.461 e. The summed E-state index contributed by atoms with van der Waals surface area (Å²) in [7, 11) is 0. The van der Waals surface area contributed by atoms with Crippen LogP contribution in [-0.2, 0) is 10.6 Å². The second kappa shape index (κ2) is 6.26. The Balaban J connectivity index is 3.37. The van der Waals surface area contributed by atoms with Gasteiger partial charge in [-0.2, -0.15) is 5.26 Å². The zero-order valence-corrected chi connectivity index (χ0v) is 10.2. The summed E-state index contributed by atoms with van der Waals surface area (Å²) in [6.45, 7) is 1.67. The van der Waals surface area contributed by atoms with Gasteiger partial charge in [0.05, 0.1) is 12.2 Å². The lowest BCUT2D eigenvalue weighted by atomic mass is 10.1. The van der Waals surface area contributed by atoms with Crippen molar-refractivity contribution < 1.29 is 18.3 Å². The summed E-state index contributed by atoms with van der Waals surface area (Å²) >= 11 is 5.59. The van der Waals surface area contributed by atoms with Crippen molar-refractivity contribution in [1.29, 1.82) is 5.26 Å². The molecule has 1 heterocycles. The van der Waals surface area contributed by atoms with Gasteiger partial charge in [-0.3, -0.25) is 0 Å². The van der Waals surface area contributed by atoms with Gasteiger partial charge >= 0.3 is 5.97 Å². The summed E-state index contributed by atoms with van der Waals surface area (Å²) in [5.74, 6) is -0.959. The molecule has 0 saturated carbocycles. The molecule has 0 radical (unpaired) electrons. The molecule has 1 aromatic rings. The maximum absolute atomic E-state index is 12.7. The summed E-state index contributed by atoms with van der Waals surface area (Å²) in [5.41, 5.74) is -1.12. The molecule has 0 atom stereocenters. The molecule has 96 valence electrons. The van der Waals surface area contributed by atoms with E-state index in [2.05, 4.69) is 4.98 Å². The van der Waals surface area contributed by atoms with E-state index in [4.69, 9.17) is 21.6 Å². The number of halogens is 3. The number of esters is 1. The largest absolute Gasteiger partial charge is 0.461 e. The van der Waals surface area contributed by atoms with Gasteiger partial charge in [-0.1, -0.05) is 0 Å². The van der Waals surface area contributed by atoms with Gasteiger partial charge in [-0.05, 0) is 13.0 Å². The minimum absolute atomic E-state index is 0.0895. The van der Waals surface area contributed by atoms with E-state index in [1.54, 1.807) is 13.0 Å². The second-order valence-electron chi connectivity index (χ2n) is 3.20. The number of rotatable bonds is 4. The molecule has 0 aliphatic carbocycles. The quantitative estimate of drug-likeness (QED) is 0.625. The van der Waals surface area contributed by atoms with Gasteiger partial charge in [-0.25, -0.2) is 18.6 Å². The smallest absolute Gasteiger partial charge is 0.357 e. The van der Waals surface area contributed by atoms with Gasteiger partial charge in [-0.15, -0.1) is 11.6 Å². The third-order valence-corrected chi connectivity index (χ3v) is 2.36. The average Bonchev–Trinajstić information content (AvgIpc) is 2.37. The van der Waals surface area contributed by atoms with Crippen molar-refractivity contribution in [3.8, 4) is 6.07 Å². The van der Waals surface area contributed by atoms with E-state index in [9.17, 15) is 13.6 Å². The van der Waals surface area contributed by atoms with Crippen LogP contribution in [0.3, 0.4) is 0 Å². The summed E-state index contributed by atoms with van der Waals surface area (Å²) in [6.07, 6.45) is -2.95. The highest BCUT2D eigenvalue weighted by Gasteiger charge is 2.22. The van der Waals surface area contributed by atoms with Crippen molar-refractivity contribution in [3.63, 3.8) is 0 Å². The van der Waals surface area contributed by atoms with Crippen molar-refractivity contribution >= 4 is 17.6 Å². The first-order chi connectivity index (χ1) is 8.54. The summed E-state index contributed by atoms with van der Waals surface area (Å²) < 4.78 is 30.1. The molecule has 0 bridgehead atoms. The number of ether oxygens (including phenoxy) is 1. The number of carbonyl (C=O) groups is 1. The molecule has 0 fully saturated rings. The van der Waals surface area contributed by atoms with Gasteiger partial charge < -0.3 is 4.74 Å². The Morgan fingerprint density at radius 3 is 2.78 bits per heavy atom. The van der Waals surface area contributed by atoms with E-state index in [1.165, 1.54) is 0 Å². The van der Waals surface area contributed by atoms with Crippen molar-refractivity contribution in [3.05, 3.63) is 28.6 Å². The van der Waals surface area contributed by atoms with Crippen molar-refractivity contribution in [2.75, 3.05) is 6.61 Å². The molecule has 0 N–H and O–H groups in total. The van der Waals surface area contributed by atoms with Gasteiger partial charge in [0, 0.05) is 11.4 Å². The first-order valence-corrected chi connectivity index (χ1v) is 5.53. The maximum atomic E-state index is 12.7. The number of pyridine rings is 1.